The zero-order valence-electron chi connectivity index (χ0n) is 12.6. The number of carbonyl (C=O) groups is 1. The number of urea groups is 1. The summed E-state index contributed by atoms with van der Waals surface area (Å²) in [5.74, 6) is 0.258. The minimum Gasteiger partial charge on any atom is -0.396 e. The number of nitrogens with zero attached hydrogens (tertiary/aromatic N) is 2. The van der Waals surface area contributed by atoms with E-state index in [0.29, 0.717) is 30.8 Å². The van der Waals surface area contributed by atoms with Crippen LogP contribution in [0.5, 0.6) is 0 Å². The second kappa shape index (κ2) is 7.22. The van der Waals surface area contributed by atoms with Crippen molar-refractivity contribution in [3.8, 4) is 0 Å². The summed E-state index contributed by atoms with van der Waals surface area (Å²) in [6.07, 6.45) is 2.12. The maximum atomic E-state index is 12.2. The van der Waals surface area contributed by atoms with Crippen LogP contribution < -0.4 is 5.32 Å². The van der Waals surface area contributed by atoms with Gasteiger partial charge in [0.15, 0.2) is 0 Å². The highest BCUT2D eigenvalue weighted by Gasteiger charge is 2.23. The molecule has 7 nitrogen and oxygen atoms in total. The quantitative estimate of drug-likeness (QED) is 0.659. The van der Waals surface area contributed by atoms with Gasteiger partial charge in [-0.2, -0.15) is 0 Å². The van der Waals surface area contributed by atoms with Crippen molar-refractivity contribution in [2.45, 2.75) is 26.2 Å². The summed E-state index contributed by atoms with van der Waals surface area (Å²) in [4.78, 5) is 24.5. The minimum atomic E-state index is -0.429. The molecule has 0 bridgehead atoms. The van der Waals surface area contributed by atoms with E-state index in [2.05, 4.69) is 5.32 Å². The number of rotatable bonds is 4. The summed E-state index contributed by atoms with van der Waals surface area (Å²) in [5, 5.41) is 22.9. The van der Waals surface area contributed by atoms with Gasteiger partial charge in [-0.15, -0.1) is 0 Å². The molecule has 0 radical (unpaired) electrons. The maximum Gasteiger partial charge on any atom is 0.321 e. The average molecular weight is 307 g/mol. The topological polar surface area (TPSA) is 95.7 Å². The predicted octanol–water partition coefficient (Wildman–Crippen LogP) is 2.39. The van der Waals surface area contributed by atoms with E-state index in [1.54, 1.807) is 17.0 Å². The van der Waals surface area contributed by atoms with E-state index in [4.69, 9.17) is 5.11 Å². The molecule has 1 heterocycles. The summed E-state index contributed by atoms with van der Waals surface area (Å²) in [7, 11) is 0. The molecule has 1 fully saturated rings. The van der Waals surface area contributed by atoms with Crippen LogP contribution in [0, 0.1) is 16.0 Å². The Labute approximate surface area is 129 Å². The normalized spacial score (nSPS) is 15.6. The molecule has 2 amide bonds. The second-order valence-corrected chi connectivity index (χ2v) is 5.50. The highest BCUT2D eigenvalue weighted by molar-refractivity contribution is 5.89. The van der Waals surface area contributed by atoms with Crippen molar-refractivity contribution >= 4 is 17.4 Å². The fourth-order valence-corrected chi connectivity index (χ4v) is 2.63. The smallest absolute Gasteiger partial charge is 0.321 e. The third-order valence-electron chi connectivity index (χ3n) is 4.07. The number of nitro benzene ring substituents is 1. The Balaban J connectivity index is 2.03. The number of piperidine rings is 1. The van der Waals surface area contributed by atoms with E-state index in [1.807, 2.05) is 6.92 Å². The largest absolute Gasteiger partial charge is 0.396 e. The van der Waals surface area contributed by atoms with E-state index >= 15 is 0 Å². The summed E-state index contributed by atoms with van der Waals surface area (Å²) >= 11 is 0. The number of aliphatic hydroxyl groups is 1. The van der Waals surface area contributed by atoms with Crippen molar-refractivity contribution in [1.29, 1.82) is 0 Å². The third kappa shape index (κ3) is 3.73. The van der Waals surface area contributed by atoms with Gasteiger partial charge in [-0.1, -0.05) is 13.0 Å². The Bertz CT molecular complexity index is 554. The van der Waals surface area contributed by atoms with E-state index in [9.17, 15) is 14.9 Å². The Morgan fingerprint density at radius 3 is 2.68 bits per heavy atom. The zero-order valence-corrected chi connectivity index (χ0v) is 12.6. The number of nitrogens with one attached hydrogen (secondary N) is 1. The number of hydrogen-bond acceptors (Lipinski definition) is 4. The first kappa shape index (κ1) is 16.2. The van der Waals surface area contributed by atoms with Crippen LogP contribution in [0.4, 0.5) is 16.2 Å². The molecule has 0 aliphatic carbocycles. The predicted molar refractivity (Wildman–Crippen MR) is 82.9 cm³/mol. The van der Waals surface area contributed by atoms with E-state index < -0.39 is 4.92 Å². The fourth-order valence-electron chi connectivity index (χ4n) is 2.63. The molecule has 0 saturated carbocycles. The number of amides is 2. The molecule has 1 aromatic rings. The first-order chi connectivity index (χ1) is 10.5. The zero-order chi connectivity index (χ0) is 16.1. The number of benzene rings is 1. The van der Waals surface area contributed by atoms with Gasteiger partial charge in [-0.3, -0.25) is 10.1 Å². The number of likely N-dealkylation sites (tertiary alicyclic amines) is 1. The molecule has 1 saturated heterocycles. The van der Waals surface area contributed by atoms with Crippen molar-refractivity contribution in [2.75, 3.05) is 25.0 Å². The molecule has 7 heteroatoms. The molecule has 1 aliphatic heterocycles. The summed E-state index contributed by atoms with van der Waals surface area (Å²) < 4.78 is 0. The van der Waals surface area contributed by atoms with E-state index in [0.717, 1.165) is 12.8 Å². The molecule has 2 rings (SSSR count). The van der Waals surface area contributed by atoms with E-state index in [-0.39, 0.29) is 24.2 Å². The molecule has 22 heavy (non-hydrogen) atoms. The van der Waals surface area contributed by atoms with Gasteiger partial charge < -0.3 is 15.3 Å². The van der Waals surface area contributed by atoms with E-state index in [1.165, 1.54) is 6.07 Å². The number of hydrogen-bond donors (Lipinski definition) is 2. The third-order valence-corrected chi connectivity index (χ3v) is 4.07. The van der Waals surface area contributed by atoms with Gasteiger partial charge >= 0.3 is 6.03 Å². The van der Waals surface area contributed by atoms with Crippen LogP contribution in [0.2, 0.25) is 0 Å². The standard InChI is InChI=1S/C15H21N3O4/c1-2-12-3-4-13(9-14(12)18(21)22)16-15(20)17-7-5-11(10-19)6-8-17/h3-4,9,11,19H,2,5-8,10H2,1H3,(H,16,20). The lowest BCUT2D eigenvalue weighted by molar-refractivity contribution is -0.385. The number of anilines is 1. The highest BCUT2D eigenvalue weighted by Crippen LogP contribution is 2.24. The van der Waals surface area contributed by atoms with Crippen LogP contribution in [0.15, 0.2) is 18.2 Å². The van der Waals surface area contributed by atoms with Crippen molar-refractivity contribution in [3.63, 3.8) is 0 Å². The molecule has 1 aliphatic rings. The van der Waals surface area contributed by atoms with Crippen LogP contribution in [0.25, 0.3) is 0 Å². The molecular formula is C15H21N3O4. The molecule has 2 N–H and O–H groups in total. The fraction of sp³-hybridized carbons (Fsp3) is 0.533. The Hall–Kier alpha value is -2.15. The molecule has 0 unspecified atom stereocenters. The average Bonchev–Trinajstić information content (AvgIpc) is 2.54. The summed E-state index contributed by atoms with van der Waals surface area (Å²) in [5.41, 5.74) is 1.10. The number of nitro groups is 1. The van der Waals surface area contributed by atoms with Crippen LogP contribution >= 0.6 is 0 Å². The number of aryl methyl sites for hydroxylation is 1. The SMILES string of the molecule is CCc1ccc(NC(=O)N2CCC(CO)CC2)cc1[N+](=O)[O-]. The lowest BCUT2D eigenvalue weighted by atomic mass is 9.98. The molecule has 120 valence electrons. The molecule has 0 spiro atoms. The van der Waals surface area contributed by atoms with Crippen LogP contribution in [0.1, 0.15) is 25.3 Å². The Morgan fingerprint density at radius 1 is 1.45 bits per heavy atom. The Kier molecular flexibility index (Phi) is 5.32. The lowest BCUT2D eigenvalue weighted by Crippen LogP contribution is -2.41. The molecule has 0 aromatic heterocycles. The van der Waals surface area contributed by atoms with Gasteiger partial charge in [0, 0.05) is 37.0 Å². The summed E-state index contributed by atoms with van der Waals surface area (Å²) in [6.45, 7) is 3.18. The van der Waals surface area contributed by atoms with Crippen molar-refractivity contribution in [1.82, 2.24) is 4.90 Å². The van der Waals surface area contributed by atoms with Gasteiger partial charge in [0.2, 0.25) is 0 Å². The van der Waals surface area contributed by atoms with Gasteiger partial charge in [0.1, 0.15) is 0 Å². The van der Waals surface area contributed by atoms with Crippen LogP contribution in [0.3, 0.4) is 0 Å². The molecular weight excluding hydrogens is 286 g/mol. The monoisotopic (exact) mass is 307 g/mol. The van der Waals surface area contributed by atoms with Gasteiger partial charge in [-0.25, -0.2) is 4.79 Å². The second-order valence-electron chi connectivity index (χ2n) is 5.50. The number of aliphatic hydroxyl groups excluding tert-OH is 1. The Morgan fingerprint density at radius 2 is 2.14 bits per heavy atom. The number of carbonyl (C=O) groups excluding carboxylic acids is 1. The summed E-state index contributed by atoms with van der Waals surface area (Å²) in [6, 6.07) is 4.50. The maximum absolute atomic E-state index is 12.2. The van der Waals surface area contributed by atoms with Crippen molar-refractivity contribution in [3.05, 3.63) is 33.9 Å². The van der Waals surface area contributed by atoms with Gasteiger partial charge in [-0.05, 0) is 31.2 Å². The highest BCUT2D eigenvalue weighted by atomic mass is 16.6. The molecule has 1 aromatic carbocycles. The first-order valence-electron chi connectivity index (χ1n) is 7.49. The van der Waals surface area contributed by atoms with Crippen LogP contribution in [-0.2, 0) is 6.42 Å². The van der Waals surface area contributed by atoms with Crippen LogP contribution in [-0.4, -0.2) is 40.7 Å². The lowest BCUT2D eigenvalue weighted by Gasteiger charge is -2.31. The van der Waals surface area contributed by atoms with Gasteiger partial charge in [0.05, 0.1) is 4.92 Å². The van der Waals surface area contributed by atoms with Crippen molar-refractivity contribution in [2.24, 2.45) is 5.92 Å². The minimum absolute atomic E-state index is 0.0271. The molecule has 0 atom stereocenters. The van der Waals surface area contributed by atoms with Crippen molar-refractivity contribution < 1.29 is 14.8 Å². The van der Waals surface area contributed by atoms with Gasteiger partial charge in [0.25, 0.3) is 5.69 Å². The first-order valence-corrected chi connectivity index (χ1v) is 7.49.